The van der Waals surface area contributed by atoms with Crippen molar-refractivity contribution in [2.45, 2.75) is 19.1 Å². The zero-order valence-electron chi connectivity index (χ0n) is 14.6. The molecule has 7 nitrogen and oxygen atoms in total. The van der Waals surface area contributed by atoms with Gasteiger partial charge in [0.05, 0.1) is 18.9 Å². The second-order valence-electron chi connectivity index (χ2n) is 6.23. The van der Waals surface area contributed by atoms with Crippen LogP contribution in [0.25, 0.3) is 0 Å². The fourth-order valence-corrected chi connectivity index (χ4v) is 2.68. The highest BCUT2D eigenvalue weighted by Gasteiger charge is 2.28. The van der Waals surface area contributed by atoms with Crippen molar-refractivity contribution in [1.29, 1.82) is 0 Å². The average Bonchev–Trinajstić information content (AvgIpc) is 3.09. The van der Waals surface area contributed by atoms with Crippen molar-refractivity contribution in [3.8, 4) is 5.88 Å². The first-order valence-electron chi connectivity index (χ1n) is 8.34. The van der Waals surface area contributed by atoms with Gasteiger partial charge in [0, 0.05) is 33.6 Å². The maximum atomic E-state index is 12.3. The van der Waals surface area contributed by atoms with Crippen LogP contribution in [-0.4, -0.2) is 54.2 Å². The van der Waals surface area contributed by atoms with Crippen molar-refractivity contribution < 1.29 is 9.53 Å². The van der Waals surface area contributed by atoms with E-state index in [1.807, 2.05) is 49.3 Å². The Labute approximate surface area is 147 Å². The summed E-state index contributed by atoms with van der Waals surface area (Å²) in [6, 6.07) is 9.80. The van der Waals surface area contributed by atoms with E-state index >= 15 is 0 Å². The number of benzene rings is 1. The molecule has 0 saturated carbocycles. The molecule has 1 fully saturated rings. The summed E-state index contributed by atoms with van der Waals surface area (Å²) in [4.78, 5) is 24.5. The summed E-state index contributed by atoms with van der Waals surface area (Å²) in [6.45, 7) is 1.75. The minimum Gasteiger partial charge on any atom is -0.471 e. The maximum Gasteiger partial charge on any atom is 0.317 e. The highest BCUT2D eigenvalue weighted by molar-refractivity contribution is 5.74. The van der Waals surface area contributed by atoms with Crippen molar-refractivity contribution >= 4 is 11.8 Å². The molecule has 2 aromatic rings. The van der Waals surface area contributed by atoms with Gasteiger partial charge in [-0.25, -0.2) is 4.79 Å². The molecular weight excluding hydrogens is 318 g/mol. The molecule has 1 N–H and O–H groups in total. The standard InChI is InChI=1S/C18H23N5O2/c1-22(2)16-11-19-12-17(21-16)25-15-8-9-23(13-15)18(24)20-10-14-6-4-3-5-7-14/h3-7,11-12,15H,8-10,13H2,1-2H3,(H,20,24)/t15-/m0/s1. The average molecular weight is 341 g/mol. The van der Waals surface area contributed by atoms with Gasteiger partial charge < -0.3 is 19.9 Å². The first-order chi connectivity index (χ1) is 12.1. The Hall–Kier alpha value is -2.83. The molecule has 25 heavy (non-hydrogen) atoms. The van der Waals surface area contributed by atoms with Crippen molar-refractivity contribution in [1.82, 2.24) is 20.2 Å². The number of anilines is 1. The SMILES string of the molecule is CN(C)c1cncc(O[C@H]2CCN(C(=O)NCc3ccccc3)C2)n1. The molecule has 0 unspecified atom stereocenters. The Morgan fingerprint density at radius 1 is 1.32 bits per heavy atom. The molecule has 1 aromatic heterocycles. The number of ether oxygens (including phenoxy) is 1. The van der Waals surface area contributed by atoms with Gasteiger partial charge >= 0.3 is 6.03 Å². The third kappa shape index (κ3) is 4.59. The van der Waals surface area contributed by atoms with E-state index in [1.54, 1.807) is 17.3 Å². The van der Waals surface area contributed by atoms with Crippen LogP contribution < -0.4 is 15.0 Å². The number of carbonyl (C=O) groups excluding carboxylic acids is 1. The topological polar surface area (TPSA) is 70.6 Å². The number of nitrogens with zero attached hydrogens (tertiary/aromatic N) is 4. The molecule has 2 amide bonds. The molecule has 7 heteroatoms. The molecule has 132 valence electrons. The van der Waals surface area contributed by atoms with Gasteiger partial charge in [-0.2, -0.15) is 4.98 Å². The van der Waals surface area contributed by atoms with Crippen LogP contribution in [-0.2, 0) is 6.54 Å². The number of hydrogen-bond acceptors (Lipinski definition) is 5. The number of rotatable bonds is 5. The highest BCUT2D eigenvalue weighted by atomic mass is 16.5. The van der Waals surface area contributed by atoms with E-state index in [-0.39, 0.29) is 12.1 Å². The zero-order chi connectivity index (χ0) is 17.6. The van der Waals surface area contributed by atoms with Gasteiger partial charge in [-0.05, 0) is 5.56 Å². The van der Waals surface area contributed by atoms with Gasteiger partial charge in [0.1, 0.15) is 6.10 Å². The molecular formula is C18H23N5O2. The quantitative estimate of drug-likeness (QED) is 0.899. The van der Waals surface area contributed by atoms with E-state index in [4.69, 9.17) is 4.74 Å². The number of aromatic nitrogens is 2. The number of amides is 2. The Balaban J connectivity index is 1.49. The van der Waals surface area contributed by atoms with Crippen molar-refractivity contribution in [3.63, 3.8) is 0 Å². The van der Waals surface area contributed by atoms with Crippen molar-refractivity contribution in [2.24, 2.45) is 0 Å². The summed E-state index contributed by atoms with van der Waals surface area (Å²) >= 11 is 0. The van der Waals surface area contributed by atoms with E-state index in [0.29, 0.717) is 25.5 Å². The van der Waals surface area contributed by atoms with Crippen LogP contribution in [0.1, 0.15) is 12.0 Å². The Kier molecular flexibility index (Phi) is 5.33. The van der Waals surface area contributed by atoms with Crippen LogP contribution in [0, 0.1) is 0 Å². The Bertz CT molecular complexity index is 708. The lowest BCUT2D eigenvalue weighted by Crippen LogP contribution is -2.39. The lowest BCUT2D eigenvalue weighted by Gasteiger charge is -2.18. The number of hydrogen-bond donors (Lipinski definition) is 1. The lowest BCUT2D eigenvalue weighted by atomic mass is 10.2. The fourth-order valence-electron chi connectivity index (χ4n) is 2.68. The van der Waals surface area contributed by atoms with Crippen LogP contribution in [0.15, 0.2) is 42.7 Å². The lowest BCUT2D eigenvalue weighted by molar-refractivity contribution is 0.182. The zero-order valence-corrected chi connectivity index (χ0v) is 14.6. The maximum absolute atomic E-state index is 12.3. The van der Waals surface area contributed by atoms with Gasteiger partial charge in [0.25, 0.3) is 0 Å². The molecule has 1 aliphatic heterocycles. The molecule has 2 heterocycles. The molecule has 0 aliphatic carbocycles. The number of nitrogens with one attached hydrogen (secondary N) is 1. The second kappa shape index (κ2) is 7.83. The number of carbonyl (C=O) groups is 1. The van der Waals surface area contributed by atoms with Gasteiger partial charge in [-0.15, -0.1) is 0 Å². The van der Waals surface area contributed by atoms with E-state index in [1.165, 1.54) is 0 Å². The summed E-state index contributed by atoms with van der Waals surface area (Å²) in [5, 5.41) is 2.95. The second-order valence-corrected chi connectivity index (χ2v) is 6.23. The van der Waals surface area contributed by atoms with Gasteiger partial charge in [0.2, 0.25) is 5.88 Å². The van der Waals surface area contributed by atoms with Crippen LogP contribution in [0.4, 0.5) is 10.6 Å². The Morgan fingerprint density at radius 2 is 2.12 bits per heavy atom. The van der Waals surface area contributed by atoms with Crippen LogP contribution in [0.5, 0.6) is 5.88 Å². The Morgan fingerprint density at radius 3 is 2.88 bits per heavy atom. The number of urea groups is 1. The van der Waals surface area contributed by atoms with E-state index < -0.39 is 0 Å². The van der Waals surface area contributed by atoms with Crippen molar-refractivity contribution in [2.75, 3.05) is 32.1 Å². The fraction of sp³-hybridized carbons (Fsp3) is 0.389. The molecule has 1 aliphatic rings. The highest BCUT2D eigenvalue weighted by Crippen LogP contribution is 2.18. The van der Waals surface area contributed by atoms with E-state index in [0.717, 1.165) is 17.8 Å². The summed E-state index contributed by atoms with van der Waals surface area (Å²) in [5.74, 6) is 1.23. The summed E-state index contributed by atoms with van der Waals surface area (Å²) in [5.41, 5.74) is 1.08. The monoisotopic (exact) mass is 341 g/mol. The summed E-state index contributed by atoms with van der Waals surface area (Å²) in [6.07, 6.45) is 4.01. The minimum atomic E-state index is -0.0666. The van der Waals surface area contributed by atoms with Gasteiger partial charge in [-0.3, -0.25) is 4.98 Å². The van der Waals surface area contributed by atoms with Crippen LogP contribution in [0.3, 0.4) is 0 Å². The molecule has 0 bridgehead atoms. The van der Waals surface area contributed by atoms with Crippen molar-refractivity contribution in [3.05, 3.63) is 48.3 Å². The third-order valence-electron chi connectivity index (χ3n) is 4.06. The van der Waals surface area contributed by atoms with E-state index in [9.17, 15) is 4.79 Å². The third-order valence-corrected chi connectivity index (χ3v) is 4.06. The van der Waals surface area contributed by atoms with Gasteiger partial charge in [0.15, 0.2) is 5.82 Å². The van der Waals surface area contributed by atoms with E-state index in [2.05, 4.69) is 15.3 Å². The number of likely N-dealkylation sites (tertiary alicyclic amines) is 1. The molecule has 1 saturated heterocycles. The van der Waals surface area contributed by atoms with Crippen LogP contribution >= 0.6 is 0 Å². The first kappa shape index (κ1) is 17.0. The molecule has 1 aromatic carbocycles. The smallest absolute Gasteiger partial charge is 0.317 e. The predicted molar refractivity (Wildman–Crippen MR) is 95.6 cm³/mol. The summed E-state index contributed by atoms with van der Waals surface area (Å²) in [7, 11) is 3.81. The van der Waals surface area contributed by atoms with Gasteiger partial charge in [-0.1, -0.05) is 30.3 Å². The summed E-state index contributed by atoms with van der Waals surface area (Å²) < 4.78 is 5.89. The molecule has 0 spiro atoms. The normalized spacial score (nSPS) is 16.6. The molecule has 3 rings (SSSR count). The molecule has 0 radical (unpaired) electrons. The van der Waals surface area contributed by atoms with Crippen LogP contribution in [0.2, 0.25) is 0 Å². The predicted octanol–water partition coefficient (Wildman–Crippen LogP) is 1.91. The largest absolute Gasteiger partial charge is 0.471 e. The molecule has 1 atom stereocenters. The first-order valence-corrected chi connectivity index (χ1v) is 8.34. The minimum absolute atomic E-state index is 0.0609.